The van der Waals surface area contributed by atoms with E-state index in [9.17, 15) is 4.79 Å². The van der Waals surface area contributed by atoms with Crippen molar-refractivity contribution >= 4 is 11.7 Å². The van der Waals surface area contributed by atoms with E-state index in [1.54, 1.807) is 0 Å². The molecule has 0 radical (unpaired) electrons. The summed E-state index contributed by atoms with van der Waals surface area (Å²) in [7, 11) is 0. The van der Waals surface area contributed by atoms with Gasteiger partial charge in [0.2, 0.25) is 0 Å². The number of carbonyl (C=O) groups excluding carboxylic acids is 1. The first-order valence-corrected chi connectivity index (χ1v) is 6.55. The summed E-state index contributed by atoms with van der Waals surface area (Å²) >= 11 is 0. The smallest absolute Gasteiger partial charge is 0.310 e. The molecule has 1 aliphatic heterocycles. The lowest BCUT2D eigenvalue weighted by Gasteiger charge is -2.33. The average Bonchev–Trinajstić information content (AvgIpc) is 2.39. The van der Waals surface area contributed by atoms with Crippen molar-refractivity contribution in [2.45, 2.75) is 26.7 Å². The fourth-order valence-corrected chi connectivity index (χ4v) is 2.39. The molecule has 98 valence electrons. The Morgan fingerprint density at radius 3 is 3.17 bits per heavy atom. The molecular weight excluding hydrogens is 228 g/mol. The first-order valence-electron chi connectivity index (χ1n) is 6.55. The van der Waals surface area contributed by atoms with Crippen molar-refractivity contribution in [2.24, 2.45) is 5.92 Å². The summed E-state index contributed by atoms with van der Waals surface area (Å²) in [4.78, 5) is 18.2. The van der Waals surface area contributed by atoms with E-state index in [1.807, 2.05) is 26.1 Å². The maximum atomic E-state index is 11.8. The van der Waals surface area contributed by atoms with E-state index in [1.165, 1.54) is 0 Å². The molecule has 1 fully saturated rings. The fraction of sp³-hybridized carbons (Fsp3) is 0.571. The van der Waals surface area contributed by atoms with Crippen molar-refractivity contribution in [1.82, 2.24) is 4.98 Å². The van der Waals surface area contributed by atoms with Gasteiger partial charge in [0.1, 0.15) is 0 Å². The molecule has 0 amide bonds. The standard InChI is InChI=1S/C14H20N2O2/c1-3-18-14(17)12-5-4-8-16(10-12)13-6-7-15-11(2)9-13/h6-7,9,12H,3-5,8,10H2,1-2H3/t12-/m0/s1. The van der Waals surface area contributed by atoms with Crippen LogP contribution in [0.15, 0.2) is 18.3 Å². The molecule has 1 atom stereocenters. The second-order valence-corrected chi connectivity index (χ2v) is 4.69. The van der Waals surface area contributed by atoms with Crippen LogP contribution in [0.2, 0.25) is 0 Å². The Bertz CT molecular complexity index is 420. The first-order chi connectivity index (χ1) is 8.70. The van der Waals surface area contributed by atoms with Gasteiger partial charge in [0.25, 0.3) is 0 Å². The molecule has 2 rings (SSSR count). The van der Waals surface area contributed by atoms with Crippen LogP contribution in [0.1, 0.15) is 25.5 Å². The van der Waals surface area contributed by atoms with Gasteiger partial charge in [0.05, 0.1) is 12.5 Å². The van der Waals surface area contributed by atoms with E-state index in [0.29, 0.717) is 6.61 Å². The molecule has 0 bridgehead atoms. The SMILES string of the molecule is CCOC(=O)[C@H]1CCCN(c2ccnc(C)c2)C1. The van der Waals surface area contributed by atoms with E-state index in [-0.39, 0.29) is 11.9 Å². The van der Waals surface area contributed by atoms with E-state index in [0.717, 1.165) is 37.3 Å². The summed E-state index contributed by atoms with van der Waals surface area (Å²) in [6, 6.07) is 4.06. The summed E-state index contributed by atoms with van der Waals surface area (Å²) in [5.41, 5.74) is 2.15. The molecular formula is C14H20N2O2. The van der Waals surface area contributed by atoms with Gasteiger partial charge in [0, 0.05) is 30.7 Å². The number of ether oxygens (including phenoxy) is 1. The number of hydrogen-bond donors (Lipinski definition) is 0. The zero-order chi connectivity index (χ0) is 13.0. The molecule has 4 heteroatoms. The molecule has 18 heavy (non-hydrogen) atoms. The van der Waals surface area contributed by atoms with Gasteiger partial charge in [-0.2, -0.15) is 0 Å². The molecule has 1 saturated heterocycles. The molecule has 1 aromatic heterocycles. The Morgan fingerprint density at radius 1 is 1.61 bits per heavy atom. The first kappa shape index (κ1) is 12.9. The largest absolute Gasteiger partial charge is 0.466 e. The normalized spacial score (nSPS) is 19.7. The lowest BCUT2D eigenvalue weighted by molar-refractivity contribution is -0.148. The van der Waals surface area contributed by atoms with Crippen LogP contribution in [0.4, 0.5) is 5.69 Å². The zero-order valence-electron chi connectivity index (χ0n) is 11.1. The second kappa shape index (κ2) is 5.85. The molecule has 0 saturated carbocycles. The van der Waals surface area contributed by atoms with Gasteiger partial charge in [-0.1, -0.05) is 0 Å². The Morgan fingerprint density at radius 2 is 2.44 bits per heavy atom. The minimum atomic E-state index is -0.0621. The van der Waals surface area contributed by atoms with Gasteiger partial charge in [-0.25, -0.2) is 0 Å². The number of anilines is 1. The molecule has 4 nitrogen and oxygen atoms in total. The van der Waals surface area contributed by atoms with Crippen LogP contribution < -0.4 is 4.90 Å². The van der Waals surface area contributed by atoms with Crippen LogP contribution >= 0.6 is 0 Å². The number of nitrogens with zero attached hydrogens (tertiary/aromatic N) is 2. The van der Waals surface area contributed by atoms with E-state index >= 15 is 0 Å². The second-order valence-electron chi connectivity index (χ2n) is 4.69. The van der Waals surface area contributed by atoms with Crippen molar-refractivity contribution < 1.29 is 9.53 Å². The minimum Gasteiger partial charge on any atom is -0.466 e. The highest BCUT2D eigenvalue weighted by Gasteiger charge is 2.26. The van der Waals surface area contributed by atoms with Crippen molar-refractivity contribution in [1.29, 1.82) is 0 Å². The van der Waals surface area contributed by atoms with Gasteiger partial charge in [-0.3, -0.25) is 9.78 Å². The van der Waals surface area contributed by atoms with Gasteiger partial charge < -0.3 is 9.64 Å². The minimum absolute atomic E-state index is 0.00664. The lowest BCUT2D eigenvalue weighted by atomic mass is 9.98. The van der Waals surface area contributed by atoms with Gasteiger partial charge in [-0.05, 0) is 38.8 Å². The zero-order valence-corrected chi connectivity index (χ0v) is 11.1. The van der Waals surface area contributed by atoms with Crippen LogP contribution in [0.25, 0.3) is 0 Å². The number of aryl methyl sites for hydroxylation is 1. The molecule has 2 heterocycles. The highest BCUT2D eigenvalue weighted by Crippen LogP contribution is 2.24. The third kappa shape index (κ3) is 3.00. The van der Waals surface area contributed by atoms with Crippen LogP contribution in [-0.4, -0.2) is 30.6 Å². The van der Waals surface area contributed by atoms with Crippen molar-refractivity contribution in [3.05, 3.63) is 24.0 Å². The number of piperidine rings is 1. The van der Waals surface area contributed by atoms with Crippen molar-refractivity contribution in [2.75, 3.05) is 24.6 Å². The van der Waals surface area contributed by atoms with Crippen LogP contribution in [0.3, 0.4) is 0 Å². The Kier molecular flexibility index (Phi) is 4.18. The monoisotopic (exact) mass is 248 g/mol. The Hall–Kier alpha value is -1.58. The highest BCUT2D eigenvalue weighted by atomic mass is 16.5. The van der Waals surface area contributed by atoms with Crippen LogP contribution in [0.5, 0.6) is 0 Å². The van der Waals surface area contributed by atoms with Gasteiger partial charge >= 0.3 is 5.97 Å². The van der Waals surface area contributed by atoms with Gasteiger partial charge in [0.15, 0.2) is 0 Å². The molecule has 1 aliphatic rings. The lowest BCUT2D eigenvalue weighted by Crippen LogP contribution is -2.39. The summed E-state index contributed by atoms with van der Waals surface area (Å²) in [6.45, 7) is 6.05. The third-order valence-corrected chi connectivity index (χ3v) is 3.29. The average molecular weight is 248 g/mol. The number of esters is 1. The van der Waals surface area contributed by atoms with Crippen LogP contribution in [0, 0.1) is 12.8 Å². The molecule has 0 aromatic carbocycles. The molecule has 0 aliphatic carbocycles. The number of carbonyl (C=O) groups is 1. The fourth-order valence-electron chi connectivity index (χ4n) is 2.39. The maximum Gasteiger partial charge on any atom is 0.310 e. The summed E-state index contributed by atoms with van der Waals surface area (Å²) in [6.07, 6.45) is 3.78. The van der Waals surface area contributed by atoms with Gasteiger partial charge in [-0.15, -0.1) is 0 Å². The van der Waals surface area contributed by atoms with E-state index in [4.69, 9.17) is 4.74 Å². The third-order valence-electron chi connectivity index (χ3n) is 3.29. The van der Waals surface area contributed by atoms with Crippen LogP contribution in [-0.2, 0) is 9.53 Å². The molecule has 0 N–H and O–H groups in total. The topological polar surface area (TPSA) is 42.4 Å². The van der Waals surface area contributed by atoms with E-state index < -0.39 is 0 Å². The Balaban J connectivity index is 2.04. The number of pyridine rings is 1. The summed E-state index contributed by atoms with van der Waals surface area (Å²) < 4.78 is 5.11. The molecule has 0 unspecified atom stereocenters. The molecule has 0 spiro atoms. The summed E-state index contributed by atoms with van der Waals surface area (Å²) in [5.74, 6) is -0.0554. The number of rotatable bonds is 3. The predicted molar refractivity (Wildman–Crippen MR) is 70.5 cm³/mol. The predicted octanol–water partition coefficient (Wildman–Crippen LogP) is 2.17. The molecule has 1 aromatic rings. The summed E-state index contributed by atoms with van der Waals surface area (Å²) in [5, 5.41) is 0. The quantitative estimate of drug-likeness (QED) is 0.769. The highest BCUT2D eigenvalue weighted by molar-refractivity contribution is 5.73. The Labute approximate surface area is 108 Å². The van der Waals surface area contributed by atoms with Crippen molar-refractivity contribution in [3.63, 3.8) is 0 Å². The van der Waals surface area contributed by atoms with E-state index in [2.05, 4.69) is 16.0 Å². The maximum absolute atomic E-state index is 11.8. The van der Waals surface area contributed by atoms with Crippen molar-refractivity contribution in [3.8, 4) is 0 Å². The number of hydrogen-bond acceptors (Lipinski definition) is 4. The number of aromatic nitrogens is 1.